The molecule has 3 N–H and O–H groups in total. The van der Waals surface area contributed by atoms with E-state index < -0.39 is 11.8 Å². The number of hydrazone groups is 1. The molecule has 0 radical (unpaired) electrons. The summed E-state index contributed by atoms with van der Waals surface area (Å²) >= 11 is 6.01. The molecule has 0 aliphatic carbocycles. The zero-order valence-corrected chi connectivity index (χ0v) is 21.0. The van der Waals surface area contributed by atoms with Crippen LogP contribution in [0.1, 0.15) is 33.3 Å². The van der Waals surface area contributed by atoms with E-state index in [0.717, 1.165) is 17.1 Å². The Kier molecular flexibility index (Phi) is 7.95. The van der Waals surface area contributed by atoms with Gasteiger partial charge in [0.1, 0.15) is 23.9 Å². The fourth-order valence-electron chi connectivity index (χ4n) is 3.62. The summed E-state index contributed by atoms with van der Waals surface area (Å²) < 4.78 is 18.9. The van der Waals surface area contributed by atoms with Crippen molar-refractivity contribution in [3.63, 3.8) is 0 Å². The largest absolute Gasteiger partial charge is 0.486 e. The summed E-state index contributed by atoms with van der Waals surface area (Å²) in [7, 11) is 0. The molecule has 4 aromatic rings. The van der Waals surface area contributed by atoms with Crippen molar-refractivity contribution in [1.29, 1.82) is 0 Å². The van der Waals surface area contributed by atoms with Crippen molar-refractivity contribution in [3.05, 3.63) is 100 Å². The lowest BCUT2D eigenvalue weighted by Gasteiger charge is -2.10. The number of furan rings is 1. The number of ether oxygens (including phenoxy) is 2. The fraction of sp³-hybridized carbons (Fsp3) is 0.148. The molecule has 190 valence electrons. The summed E-state index contributed by atoms with van der Waals surface area (Å²) in [5.41, 5.74) is 11.3. The quantitative estimate of drug-likeness (QED) is 0.235. The number of primary amides is 1. The van der Waals surface area contributed by atoms with Gasteiger partial charge in [0, 0.05) is 27.7 Å². The molecule has 0 unspecified atom stereocenters. The van der Waals surface area contributed by atoms with Crippen LogP contribution in [-0.2, 0) is 11.4 Å². The van der Waals surface area contributed by atoms with Crippen molar-refractivity contribution in [1.82, 2.24) is 9.99 Å². The molecule has 4 rings (SSSR count). The van der Waals surface area contributed by atoms with Gasteiger partial charge < -0.3 is 24.2 Å². The van der Waals surface area contributed by atoms with Crippen LogP contribution in [0.3, 0.4) is 0 Å². The van der Waals surface area contributed by atoms with E-state index in [1.54, 1.807) is 24.3 Å². The molecule has 2 aromatic heterocycles. The monoisotopic (exact) mass is 520 g/mol. The van der Waals surface area contributed by atoms with E-state index in [4.69, 9.17) is 31.2 Å². The lowest BCUT2D eigenvalue weighted by molar-refractivity contribution is -0.119. The number of nitrogens with zero attached hydrogens (tertiary/aromatic N) is 2. The predicted octanol–water partition coefficient (Wildman–Crippen LogP) is 4.55. The first-order valence-corrected chi connectivity index (χ1v) is 11.7. The summed E-state index contributed by atoms with van der Waals surface area (Å²) in [6.45, 7) is 3.97. The first kappa shape index (κ1) is 25.6. The number of nitrogens with one attached hydrogen (secondary N) is 1. The minimum atomic E-state index is -0.622. The number of benzene rings is 2. The molecule has 0 bridgehead atoms. The van der Waals surface area contributed by atoms with Gasteiger partial charge in [-0.3, -0.25) is 9.59 Å². The number of halogens is 1. The van der Waals surface area contributed by atoms with Crippen LogP contribution in [0.15, 0.2) is 76.2 Å². The van der Waals surface area contributed by atoms with Crippen molar-refractivity contribution >= 4 is 29.6 Å². The van der Waals surface area contributed by atoms with Gasteiger partial charge in [0.05, 0.1) is 6.21 Å². The molecule has 9 nitrogen and oxygen atoms in total. The van der Waals surface area contributed by atoms with Crippen LogP contribution in [-0.4, -0.2) is 29.2 Å². The molecule has 2 heterocycles. The standard InChI is InChI=1S/C27H25ClN4O5/c1-17-3-4-18(2)32(17)21-6-8-22(9-7-21)35-15-23-10-12-25(37-23)27(34)31-30-14-19-13-20(28)5-11-24(19)36-16-26(29)33/h3-14H,15-16H2,1-2H3,(H2,29,33)(H,31,34)/b30-14+. The highest BCUT2D eigenvalue weighted by Gasteiger charge is 2.12. The number of nitrogens with two attached hydrogens (primary N) is 1. The molecule has 0 saturated heterocycles. The topological polar surface area (TPSA) is 121 Å². The van der Waals surface area contributed by atoms with Crippen LogP contribution in [0.5, 0.6) is 11.5 Å². The summed E-state index contributed by atoms with van der Waals surface area (Å²) in [5, 5.41) is 4.35. The van der Waals surface area contributed by atoms with Gasteiger partial charge in [-0.05, 0) is 80.6 Å². The predicted molar refractivity (Wildman–Crippen MR) is 139 cm³/mol. The molecular weight excluding hydrogens is 496 g/mol. The minimum absolute atomic E-state index is 0.0703. The molecule has 0 fully saturated rings. The van der Waals surface area contributed by atoms with Crippen LogP contribution < -0.4 is 20.6 Å². The maximum Gasteiger partial charge on any atom is 0.307 e. The van der Waals surface area contributed by atoms with Gasteiger partial charge in [-0.1, -0.05) is 11.6 Å². The number of aromatic nitrogens is 1. The lowest BCUT2D eigenvalue weighted by Crippen LogP contribution is -2.20. The number of hydrogen-bond donors (Lipinski definition) is 2. The number of amides is 2. The molecule has 37 heavy (non-hydrogen) atoms. The van der Waals surface area contributed by atoms with Crippen molar-refractivity contribution < 1.29 is 23.5 Å². The zero-order chi connectivity index (χ0) is 26.4. The zero-order valence-electron chi connectivity index (χ0n) is 20.2. The highest BCUT2D eigenvalue weighted by atomic mass is 35.5. The summed E-state index contributed by atoms with van der Waals surface area (Å²) in [6.07, 6.45) is 1.34. The number of rotatable bonds is 10. The Balaban J connectivity index is 1.32. The van der Waals surface area contributed by atoms with Gasteiger partial charge in [0.2, 0.25) is 0 Å². The Morgan fingerprint density at radius 3 is 2.46 bits per heavy atom. The van der Waals surface area contributed by atoms with E-state index in [0.29, 0.717) is 27.8 Å². The van der Waals surface area contributed by atoms with Gasteiger partial charge in [-0.15, -0.1) is 0 Å². The second kappa shape index (κ2) is 11.5. The molecule has 0 aliphatic rings. The third-order valence-corrected chi connectivity index (χ3v) is 5.58. The average Bonchev–Trinajstić information content (AvgIpc) is 3.48. The highest BCUT2D eigenvalue weighted by Crippen LogP contribution is 2.22. The second-order valence-corrected chi connectivity index (χ2v) is 8.57. The van der Waals surface area contributed by atoms with Crippen LogP contribution >= 0.6 is 11.6 Å². The Bertz CT molecular complexity index is 1420. The van der Waals surface area contributed by atoms with Crippen LogP contribution in [0.2, 0.25) is 5.02 Å². The van der Waals surface area contributed by atoms with Crippen molar-refractivity contribution in [2.24, 2.45) is 10.8 Å². The van der Waals surface area contributed by atoms with Gasteiger partial charge in [-0.2, -0.15) is 5.10 Å². The van der Waals surface area contributed by atoms with Crippen molar-refractivity contribution in [2.45, 2.75) is 20.5 Å². The van der Waals surface area contributed by atoms with E-state index >= 15 is 0 Å². The molecule has 0 spiro atoms. The van der Waals surface area contributed by atoms with Crippen LogP contribution in [0, 0.1) is 13.8 Å². The first-order chi connectivity index (χ1) is 17.8. The first-order valence-electron chi connectivity index (χ1n) is 11.3. The van der Waals surface area contributed by atoms with E-state index in [9.17, 15) is 9.59 Å². The lowest BCUT2D eigenvalue weighted by atomic mass is 10.2. The van der Waals surface area contributed by atoms with E-state index in [1.807, 2.05) is 24.3 Å². The Labute approximate surface area is 218 Å². The second-order valence-electron chi connectivity index (χ2n) is 8.14. The number of hydrogen-bond acceptors (Lipinski definition) is 6. The Hall–Kier alpha value is -4.50. The van der Waals surface area contributed by atoms with Gasteiger partial charge >= 0.3 is 5.91 Å². The summed E-state index contributed by atoms with van der Waals surface area (Å²) in [4.78, 5) is 23.4. The molecule has 0 aliphatic heterocycles. The third-order valence-electron chi connectivity index (χ3n) is 5.34. The van der Waals surface area contributed by atoms with E-state index in [-0.39, 0.29) is 19.0 Å². The number of carbonyl (C=O) groups is 2. The fourth-order valence-corrected chi connectivity index (χ4v) is 3.80. The smallest absolute Gasteiger partial charge is 0.307 e. The summed E-state index contributed by atoms with van der Waals surface area (Å²) in [5.74, 6) is 0.390. The number of aryl methyl sites for hydroxylation is 2. The molecular formula is C27H25ClN4O5. The Morgan fingerprint density at radius 1 is 1.03 bits per heavy atom. The van der Waals surface area contributed by atoms with Gasteiger partial charge in [0.25, 0.3) is 5.91 Å². The van der Waals surface area contributed by atoms with Crippen LogP contribution in [0.4, 0.5) is 0 Å². The summed E-state index contributed by atoms with van der Waals surface area (Å²) in [6, 6.07) is 19.8. The Morgan fingerprint density at radius 2 is 1.76 bits per heavy atom. The highest BCUT2D eigenvalue weighted by molar-refractivity contribution is 6.30. The molecule has 0 saturated carbocycles. The molecule has 2 amide bonds. The molecule has 2 aromatic carbocycles. The van der Waals surface area contributed by atoms with Gasteiger partial charge in [-0.25, -0.2) is 5.43 Å². The van der Waals surface area contributed by atoms with Gasteiger partial charge in [0.15, 0.2) is 12.4 Å². The van der Waals surface area contributed by atoms with Crippen molar-refractivity contribution in [3.8, 4) is 17.2 Å². The van der Waals surface area contributed by atoms with Crippen LogP contribution in [0.25, 0.3) is 5.69 Å². The molecule has 10 heteroatoms. The van der Waals surface area contributed by atoms with Crippen molar-refractivity contribution in [2.75, 3.05) is 6.61 Å². The maximum absolute atomic E-state index is 12.4. The normalized spacial score (nSPS) is 11.0. The number of carbonyl (C=O) groups excluding carboxylic acids is 2. The third kappa shape index (κ3) is 6.59. The average molecular weight is 521 g/mol. The molecule has 0 atom stereocenters. The van der Waals surface area contributed by atoms with E-state index in [1.165, 1.54) is 12.3 Å². The van der Waals surface area contributed by atoms with E-state index in [2.05, 4.69) is 41.1 Å². The maximum atomic E-state index is 12.4. The minimum Gasteiger partial charge on any atom is -0.486 e. The SMILES string of the molecule is Cc1ccc(C)n1-c1ccc(OCc2ccc(C(=O)N/N=C/c3cc(Cl)ccc3OCC(N)=O)o2)cc1.